The molecule has 4 atom stereocenters. The SMILES string of the molecule is COC(=O)N[C@H](C(=O)N1CCC[C@H]1c1ncc(-c2ccc3c(c2)OCC(C)(C)COc2cc(-c4nc([C@@H]5CCCN5C(=O)[C@@H](NC(=O)OC)C(C)C)[nH]c4Cl)ccc2-3)[nH]1)C(C)C. The van der Waals surface area contributed by atoms with E-state index >= 15 is 0 Å². The van der Waals surface area contributed by atoms with Gasteiger partial charge in [-0.3, -0.25) is 9.59 Å². The number of fused-ring (bicyclic) bond motifs is 3. The summed E-state index contributed by atoms with van der Waals surface area (Å²) in [7, 11) is 2.56. The van der Waals surface area contributed by atoms with E-state index in [1.165, 1.54) is 14.2 Å². The number of methoxy groups -OCH3 is 2. The highest BCUT2D eigenvalue weighted by atomic mass is 35.5. The lowest BCUT2D eigenvalue weighted by Crippen LogP contribution is -2.51. The van der Waals surface area contributed by atoms with Crippen LogP contribution in [0.5, 0.6) is 11.5 Å². The van der Waals surface area contributed by atoms with E-state index in [0.717, 1.165) is 47.2 Å². The summed E-state index contributed by atoms with van der Waals surface area (Å²) >= 11 is 6.87. The minimum atomic E-state index is -0.756. The van der Waals surface area contributed by atoms with Gasteiger partial charge in [-0.1, -0.05) is 65.3 Å². The molecule has 16 nitrogen and oxygen atoms in total. The van der Waals surface area contributed by atoms with Crippen molar-refractivity contribution in [1.82, 2.24) is 40.4 Å². The van der Waals surface area contributed by atoms with Crippen molar-refractivity contribution in [2.75, 3.05) is 40.5 Å². The largest absolute Gasteiger partial charge is 0.492 e. The number of likely N-dealkylation sites (tertiary alicyclic amines) is 2. The summed E-state index contributed by atoms with van der Waals surface area (Å²) in [6.45, 7) is 13.6. The first-order valence-corrected chi connectivity index (χ1v) is 21.6. The summed E-state index contributed by atoms with van der Waals surface area (Å²) in [6.07, 6.45) is 3.48. The maximum atomic E-state index is 13.8. The molecule has 0 bridgehead atoms. The van der Waals surface area contributed by atoms with Gasteiger partial charge in [-0.25, -0.2) is 19.6 Å². The minimum Gasteiger partial charge on any atom is -0.492 e. The highest BCUT2D eigenvalue weighted by Crippen LogP contribution is 2.44. The van der Waals surface area contributed by atoms with Crippen molar-refractivity contribution in [1.29, 1.82) is 0 Å². The molecule has 0 saturated carbocycles. The number of amides is 4. The number of benzene rings is 2. The number of carbonyl (C=O) groups is 4. The molecule has 62 heavy (non-hydrogen) atoms. The summed E-state index contributed by atoms with van der Waals surface area (Å²) in [4.78, 5) is 71.6. The Balaban J connectivity index is 1.15. The number of aromatic nitrogens is 4. The molecule has 2 aromatic heterocycles. The van der Waals surface area contributed by atoms with Gasteiger partial charge in [0, 0.05) is 40.8 Å². The second kappa shape index (κ2) is 18.3. The molecule has 0 spiro atoms. The lowest BCUT2D eigenvalue weighted by Gasteiger charge is -2.30. The molecule has 3 aliphatic heterocycles. The summed E-state index contributed by atoms with van der Waals surface area (Å²) in [5.74, 6) is 1.88. The van der Waals surface area contributed by atoms with Gasteiger partial charge in [0.05, 0.1) is 51.4 Å². The molecule has 2 aromatic carbocycles. The molecule has 17 heteroatoms. The number of H-pyrrole nitrogens is 2. The summed E-state index contributed by atoms with van der Waals surface area (Å²) < 4.78 is 22.7. The number of halogens is 1. The zero-order valence-corrected chi connectivity index (χ0v) is 37.4. The standard InChI is InChI=1S/C45H57ClN8O8/c1-24(2)35(50-43(57)59-7)41(55)53-17-9-11-31(53)39-47-21-30(48-39)26-13-15-28-29-16-14-27(20-34(29)62-23-45(5,6)22-61-33(28)19-26)37-38(46)52-40(49-37)32-12-10-18-54(32)42(56)36(25(3)4)51-44(58)60-8/h13-16,19-21,24-25,31-32,35-36H,9-12,17-18,22-23H2,1-8H3,(H,47,48)(H,49,52)(H,50,57)(H,51,58)/t31-,32-,35-,36-/m0/s1. The van der Waals surface area contributed by atoms with Gasteiger partial charge in [-0.2, -0.15) is 0 Å². The molecule has 332 valence electrons. The second-order valence-electron chi connectivity index (χ2n) is 17.7. The molecule has 4 amide bonds. The predicted molar refractivity (Wildman–Crippen MR) is 233 cm³/mol. The Kier molecular flexibility index (Phi) is 13.1. The Morgan fingerprint density at radius 1 is 0.774 bits per heavy atom. The molecule has 4 N–H and O–H groups in total. The summed E-state index contributed by atoms with van der Waals surface area (Å²) in [5, 5.41) is 5.73. The zero-order chi connectivity index (χ0) is 44.5. The Labute approximate surface area is 366 Å². The molecule has 0 aliphatic carbocycles. The molecule has 3 aliphatic rings. The van der Waals surface area contributed by atoms with Gasteiger partial charge in [0.15, 0.2) is 0 Å². The normalized spacial score (nSPS) is 19.3. The fourth-order valence-electron chi connectivity index (χ4n) is 8.39. The molecule has 7 rings (SSSR count). The van der Waals surface area contributed by atoms with Gasteiger partial charge >= 0.3 is 12.2 Å². The van der Waals surface area contributed by atoms with Crippen molar-refractivity contribution >= 4 is 35.6 Å². The van der Waals surface area contributed by atoms with E-state index < -0.39 is 24.3 Å². The first-order chi connectivity index (χ1) is 29.6. The monoisotopic (exact) mass is 872 g/mol. The topological polar surface area (TPSA) is 193 Å². The molecule has 2 saturated heterocycles. The van der Waals surface area contributed by atoms with Crippen LogP contribution in [0, 0.1) is 17.3 Å². The fraction of sp³-hybridized carbons (Fsp3) is 0.511. The Morgan fingerprint density at radius 3 is 1.79 bits per heavy atom. The van der Waals surface area contributed by atoms with Crippen LogP contribution in [0.2, 0.25) is 5.15 Å². The lowest BCUT2D eigenvalue weighted by molar-refractivity contribution is -0.136. The van der Waals surface area contributed by atoms with Crippen molar-refractivity contribution in [3.8, 4) is 45.1 Å². The van der Waals surface area contributed by atoms with Crippen molar-refractivity contribution in [3.05, 3.63) is 59.4 Å². The number of rotatable bonds is 10. The van der Waals surface area contributed by atoms with E-state index in [-0.39, 0.29) is 41.1 Å². The van der Waals surface area contributed by atoms with E-state index in [1.54, 1.807) is 16.0 Å². The average molecular weight is 873 g/mol. The van der Waals surface area contributed by atoms with Gasteiger partial charge in [-0.15, -0.1) is 0 Å². The van der Waals surface area contributed by atoms with E-state index in [0.29, 0.717) is 66.7 Å². The number of carbonyl (C=O) groups excluding carboxylic acids is 4. The quantitative estimate of drug-likeness (QED) is 0.123. The first kappa shape index (κ1) is 44.3. The lowest BCUT2D eigenvalue weighted by atomic mass is 9.96. The van der Waals surface area contributed by atoms with Crippen LogP contribution in [-0.4, -0.2) is 106 Å². The van der Waals surface area contributed by atoms with E-state index in [2.05, 4.69) is 34.4 Å². The number of hydrogen-bond donors (Lipinski definition) is 4. The third-order valence-electron chi connectivity index (χ3n) is 11.8. The Bertz CT molecular complexity index is 2310. The van der Waals surface area contributed by atoms with Gasteiger partial charge < -0.3 is 49.3 Å². The molecular weight excluding hydrogens is 816 g/mol. The number of aromatic amines is 2. The number of imidazole rings is 2. The number of hydrogen-bond acceptors (Lipinski definition) is 10. The van der Waals surface area contributed by atoms with Crippen LogP contribution in [0.1, 0.15) is 91.0 Å². The second-order valence-corrected chi connectivity index (χ2v) is 18.1. The van der Waals surface area contributed by atoms with Crippen LogP contribution in [0.4, 0.5) is 9.59 Å². The Morgan fingerprint density at radius 2 is 1.27 bits per heavy atom. The van der Waals surface area contributed by atoms with E-state index in [1.807, 2.05) is 64.1 Å². The number of ether oxygens (including phenoxy) is 4. The summed E-state index contributed by atoms with van der Waals surface area (Å²) in [5.41, 5.74) is 4.22. The molecule has 0 unspecified atom stereocenters. The van der Waals surface area contributed by atoms with Crippen molar-refractivity contribution in [2.45, 2.75) is 91.4 Å². The number of nitrogens with one attached hydrogen (secondary N) is 4. The fourth-order valence-corrected chi connectivity index (χ4v) is 8.64. The first-order valence-electron chi connectivity index (χ1n) is 21.2. The molecule has 5 heterocycles. The molecular formula is C45H57ClN8O8. The summed E-state index contributed by atoms with van der Waals surface area (Å²) in [6, 6.07) is 9.76. The maximum absolute atomic E-state index is 13.8. The third kappa shape index (κ3) is 9.20. The Hall–Kier alpha value is -5.77. The average Bonchev–Trinajstić information content (AvgIpc) is 4.09. The number of nitrogens with zero attached hydrogens (tertiary/aromatic N) is 4. The van der Waals surface area contributed by atoms with E-state index in [4.69, 9.17) is 40.5 Å². The molecule has 4 aromatic rings. The number of alkyl carbamates (subject to hydrolysis) is 2. The predicted octanol–water partition coefficient (Wildman–Crippen LogP) is 7.67. The molecule has 0 radical (unpaired) electrons. The van der Waals surface area contributed by atoms with Gasteiger partial charge in [0.2, 0.25) is 11.8 Å². The van der Waals surface area contributed by atoms with Crippen LogP contribution in [0.25, 0.3) is 33.6 Å². The highest BCUT2D eigenvalue weighted by Gasteiger charge is 2.39. The van der Waals surface area contributed by atoms with Crippen LogP contribution in [0.15, 0.2) is 42.6 Å². The van der Waals surface area contributed by atoms with E-state index in [9.17, 15) is 19.2 Å². The van der Waals surface area contributed by atoms with Crippen LogP contribution >= 0.6 is 11.6 Å². The van der Waals surface area contributed by atoms with Gasteiger partial charge in [0.25, 0.3) is 0 Å². The molecule has 2 fully saturated rings. The van der Waals surface area contributed by atoms with Crippen LogP contribution in [0.3, 0.4) is 0 Å². The van der Waals surface area contributed by atoms with Crippen molar-refractivity contribution in [3.63, 3.8) is 0 Å². The van der Waals surface area contributed by atoms with Gasteiger partial charge in [0.1, 0.15) is 46.1 Å². The maximum Gasteiger partial charge on any atom is 0.407 e. The van der Waals surface area contributed by atoms with Crippen LogP contribution < -0.4 is 20.1 Å². The smallest absolute Gasteiger partial charge is 0.407 e. The van der Waals surface area contributed by atoms with Crippen LogP contribution in [-0.2, 0) is 19.1 Å². The van der Waals surface area contributed by atoms with Gasteiger partial charge in [-0.05, 0) is 61.8 Å². The van der Waals surface area contributed by atoms with Crippen molar-refractivity contribution < 1.29 is 38.1 Å². The van der Waals surface area contributed by atoms with Crippen molar-refractivity contribution in [2.24, 2.45) is 17.3 Å². The third-order valence-corrected chi connectivity index (χ3v) is 12.1. The minimum absolute atomic E-state index is 0.138. The zero-order valence-electron chi connectivity index (χ0n) is 36.6. The highest BCUT2D eigenvalue weighted by molar-refractivity contribution is 6.32.